The standard InChI is InChI=1S/C10H19N2O/c1-11-4-2-10(3-5-11)12-6-8-13-9-7-12/h4,10H,2-3,5-9H2,1H3/q+1. The predicted octanol–water partition coefficient (Wildman–Crippen LogP) is 0.194. The minimum Gasteiger partial charge on any atom is -0.379 e. The van der Waals surface area contributed by atoms with Gasteiger partial charge < -0.3 is 4.74 Å². The molecule has 2 rings (SSSR count). The smallest absolute Gasteiger partial charge is 0.143 e. The fraction of sp³-hybridized carbons (Fsp3) is 0.900. The second-order valence-electron chi connectivity index (χ2n) is 3.99. The van der Waals surface area contributed by atoms with Crippen molar-refractivity contribution < 1.29 is 9.31 Å². The minimum atomic E-state index is 0.778. The summed E-state index contributed by atoms with van der Waals surface area (Å²) in [5.74, 6) is 0. The highest BCUT2D eigenvalue weighted by molar-refractivity contribution is 5.52. The Labute approximate surface area is 80.0 Å². The van der Waals surface area contributed by atoms with Crippen LogP contribution in [0, 0.1) is 0 Å². The van der Waals surface area contributed by atoms with Gasteiger partial charge in [0.2, 0.25) is 0 Å². The Hall–Kier alpha value is -0.410. The summed E-state index contributed by atoms with van der Waals surface area (Å²) < 4.78 is 7.65. The Morgan fingerprint density at radius 3 is 2.77 bits per heavy atom. The monoisotopic (exact) mass is 183 g/mol. The maximum Gasteiger partial charge on any atom is 0.143 e. The lowest BCUT2D eigenvalue weighted by molar-refractivity contribution is -0.499. The van der Waals surface area contributed by atoms with Gasteiger partial charge >= 0.3 is 0 Å². The molecule has 1 saturated heterocycles. The van der Waals surface area contributed by atoms with E-state index < -0.39 is 0 Å². The van der Waals surface area contributed by atoms with Crippen LogP contribution in [0.4, 0.5) is 0 Å². The molecule has 2 aliphatic rings. The molecule has 0 aromatic heterocycles. The van der Waals surface area contributed by atoms with E-state index in [1.807, 2.05) is 0 Å². The average Bonchev–Trinajstić information content (AvgIpc) is 2.20. The van der Waals surface area contributed by atoms with Crippen LogP contribution in [0.15, 0.2) is 0 Å². The van der Waals surface area contributed by atoms with Crippen LogP contribution in [-0.2, 0) is 4.74 Å². The van der Waals surface area contributed by atoms with E-state index in [1.54, 1.807) is 0 Å². The first-order valence-corrected chi connectivity index (χ1v) is 5.21. The maximum absolute atomic E-state index is 5.35. The molecule has 2 heterocycles. The molecule has 3 heteroatoms. The highest BCUT2D eigenvalue weighted by Gasteiger charge is 2.24. The lowest BCUT2D eigenvalue weighted by Crippen LogP contribution is -2.46. The number of hydrogen-bond donors (Lipinski definition) is 0. The second kappa shape index (κ2) is 4.20. The molecule has 0 aromatic rings. The van der Waals surface area contributed by atoms with Gasteiger partial charge in [0.1, 0.15) is 19.8 Å². The fourth-order valence-corrected chi connectivity index (χ4v) is 2.14. The van der Waals surface area contributed by atoms with Gasteiger partial charge in [-0.25, -0.2) is 4.58 Å². The van der Waals surface area contributed by atoms with Crippen LogP contribution < -0.4 is 0 Å². The molecule has 0 spiro atoms. The largest absolute Gasteiger partial charge is 0.379 e. The Balaban J connectivity index is 1.86. The first-order valence-electron chi connectivity index (χ1n) is 5.21. The predicted molar refractivity (Wildman–Crippen MR) is 52.5 cm³/mol. The first-order chi connectivity index (χ1) is 6.36. The summed E-state index contributed by atoms with van der Waals surface area (Å²) in [6, 6.07) is 0.778. The Morgan fingerprint density at radius 1 is 1.38 bits per heavy atom. The van der Waals surface area contributed by atoms with Crippen LogP contribution in [0.25, 0.3) is 0 Å². The molecule has 2 aliphatic heterocycles. The summed E-state index contributed by atoms with van der Waals surface area (Å²) in [6.45, 7) is 5.31. The molecule has 13 heavy (non-hydrogen) atoms. The van der Waals surface area contributed by atoms with Gasteiger partial charge in [0.15, 0.2) is 0 Å². The fourth-order valence-electron chi connectivity index (χ4n) is 2.14. The molecule has 0 bridgehead atoms. The van der Waals surface area contributed by atoms with Gasteiger partial charge in [0.25, 0.3) is 0 Å². The zero-order valence-corrected chi connectivity index (χ0v) is 8.41. The summed E-state index contributed by atoms with van der Waals surface area (Å²) >= 11 is 0. The molecular formula is C10H19N2O+. The van der Waals surface area contributed by atoms with Crippen LogP contribution in [0.2, 0.25) is 0 Å². The van der Waals surface area contributed by atoms with Crippen molar-refractivity contribution in [2.75, 3.05) is 39.9 Å². The lowest BCUT2D eigenvalue weighted by Gasteiger charge is -2.34. The van der Waals surface area contributed by atoms with Gasteiger partial charge in [-0.1, -0.05) is 0 Å². The van der Waals surface area contributed by atoms with Crippen molar-refractivity contribution in [2.45, 2.75) is 18.9 Å². The molecule has 0 radical (unpaired) electrons. The third-order valence-corrected chi connectivity index (χ3v) is 3.07. The van der Waals surface area contributed by atoms with Crippen molar-refractivity contribution in [1.82, 2.24) is 4.90 Å². The van der Waals surface area contributed by atoms with E-state index in [-0.39, 0.29) is 0 Å². The van der Waals surface area contributed by atoms with Gasteiger partial charge in [0.05, 0.1) is 13.2 Å². The Kier molecular flexibility index (Phi) is 2.96. The quantitative estimate of drug-likeness (QED) is 0.539. The second-order valence-corrected chi connectivity index (χ2v) is 3.99. The normalized spacial score (nSPS) is 31.5. The van der Waals surface area contributed by atoms with Crippen LogP contribution in [-0.4, -0.2) is 61.6 Å². The minimum absolute atomic E-state index is 0.778. The SMILES string of the molecule is C[N+]1=CCC(N2CCOCC2)CC1. The van der Waals surface area contributed by atoms with Gasteiger partial charge in [0, 0.05) is 32.0 Å². The molecule has 74 valence electrons. The topological polar surface area (TPSA) is 15.5 Å². The van der Waals surface area contributed by atoms with Crippen molar-refractivity contribution >= 4 is 6.21 Å². The van der Waals surface area contributed by atoms with Crippen LogP contribution in [0.5, 0.6) is 0 Å². The van der Waals surface area contributed by atoms with Crippen LogP contribution in [0.1, 0.15) is 12.8 Å². The number of ether oxygens (including phenoxy) is 1. The molecule has 3 nitrogen and oxygen atoms in total. The number of rotatable bonds is 1. The summed E-state index contributed by atoms with van der Waals surface area (Å²) in [5.41, 5.74) is 0. The Morgan fingerprint density at radius 2 is 2.15 bits per heavy atom. The van der Waals surface area contributed by atoms with E-state index in [0.29, 0.717) is 0 Å². The zero-order chi connectivity index (χ0) is 9.10. The summed E-state index contributed by atoms with van der Waals surface area (Å²) in [7, 11) is 2.16. The molecule has 0 aliphatic carbocycles. The summed E-state index contributed by atoms with van der Waals surface area (Å²) in [5, 5.41) is 0. The number of nitrogens with zero attached hydrogens (tertiary/aromatic N) is 2. The molecule has 0 amide bonds. The van der Waals surface area contributed by atoms with Crippen molar-refractivity contribution in [2.24, 2.45) is 0 Å². The molecule has 0 aromatic carbocycles. The van der Waals surface area contributed by atoms with E-state index >= 15 is 0 Å². The third kappa shape index (κ3) is 2.29. The van der Waals surface area contributed by atoms with Crippen molar-refractivity contribution in [3.63, 3.8) is 0 Å². The van der Waals surface area contributed by atoms with Crippen molar-refractivity contribution in [3.05, 3.63) is 0 Å². The van der Waals surface area contributed by atoms with Crippen LogP contribution >= 0.6 is 0 Å². The lowest BCUT2D eigenvalue weighted by atomic mass is 10.1. The molecule has 0 N–H and O–H groups in total. The van der Waals surface area contributed by atoms with Crippen molar-refractivity contribution in [1.29, 1.82) is 0 Å². The zero-order valence-electron chi connectivity index (χ0n) is 8.41. The van der Waals surface area contributed by atoms with Gasteiger partial charge in [-0.3, -0.25) is 4.90 Å². The molecule has 1 atom stereocenters. The number of hydrogen-bond acceptors (Lipinski definition) is 2. The van der Waals surface area contributed by atoms with Crippen molar-refractivity contribution in [3.8, 4) is 0 Å². The molecular weight excluding hydrogens is 164 g/mol. The van der Waals surface area contributed by atoms with Gasteiger partial charge in [-0.15, -0.1) is 0 Å². The third-order valence-electron chi connectivity index (χ3n) is 3.07. The van der Waals surface area contributed by atoms with Gasteiger partial charge in [-0.05, 0) is 0 Å². The molecule has 1 fully saturated rings. The Bertz CT molecular complexity index is 197. The first kappa shape index (κ1) is 9.16. The molecule has 0 saturated carbocycles. The summed E-state index contributed by atoms with van der Waals surface area (Å²) in [6.07, 6.45) is 4.85. The van der Waals surface area contributed by atoms with E-state index in [0.717, 1.165) is 32.3 Å². The highest BCUT2D eigenvalue weighted by Crippen LogP contribution is 2.12. The highest BCUT2D eigenvalue weighted by atomic mass is 16.5. The molecule has 1 unspecified atom stereocenters. The van der Waals surface area contributed by atoms with E-state index in [4.69, 9.17) is 4.74 Å². The number of morpholine rings is 1. The summed E-state index contributed by atoms with van der Waals surface area (Å²) in [4.78, 5) is 2.58. The van der Waals surface area contributed by atoms with Crippen LogP contribution in [0.3, 0.4) is 0 Å². The van der Waals surface area contributed by atoms with E-state index in [9.17, 15) is 0 Å². The maximum atomic E-state index is 5.35. The van der Waals surface area contributed by atoms with Gasteiger partial charge in [-0.2, -0.15) is 0 Å². The van der Waals surface area contributed by atoms with E-state index in [1.165, 1.54) is 19.4 Å². The van der Waals surface area contributed by atoms with E-state index in [2.05, 4.69) is 22.7 Å². The average molecular weight is 183 g/mol.